The molecule has 0 atom stereocenters. The molecule has 0 fully saturated rings. The minimum Gasteiger partial charge on any atom is -0.383 e. The summed E-state index contributed by atoms with van der Waals surface area (Å²) in [5, 5.41) is -0.237. The first-order valence-corrected chi connectivity index (χ1v) is 12.7. The second-order valence-corrected chi connectivity index (χ2v) is 10.3. The highest BCUT2D eigenvalue weighted by atomic mass is 79.9. The minimum atomic E-state index is -3.68. The fourth-order valence-electron chi connectivity index (χ4n) is 2.56. The average Bonchev–Trinajstić information content (AvgIpc) is 2.71. The third kappa shape index (κ3) is 8.16. The lowest BCUT2D eigenvalue weighted by atomic mass is 10.2. The monoisotopic (exact) mass is 542 g/mol. The maximum atomic E-state index is 12.8. The number of amides is 1. The van der Waals surface area contributed by atoms with E-state index in [0.29, 0.717) is 34.0 Å². The molecule has 0 aliphatic carbocycles. The van der Waals surface area contributed by atoms with Gasteiger partial charge in [-0.3, -0.25) is 9.59 Å². The van der Waals surface area contributed by atoms with E-state index < -0.39 is 7.57 Å². The number of nitrogens with zero attached hydrogens (tertiary/aromatic N) is 3. The van der Waals surface area contributed by atoms with Crippen LogP contribution in [0.1, 0.15) is 35.1 Å². The van der Waals surface area contributed by atoms with Crippen molar-refractivity contribution in [2.75, 3.05) is 12.3 Å². The largest absolute Gasteiger partial charge is 0.383 e. The molecule has 2 aromatic rings. The molecule has 9 nitrogen and oxygen atoms in total. The van der Waals surface area contributed by atoms with Crippen LogP contribution in [-0.2, 0) is 15.9 Å². The smallest absolute Gasteiger partial charge is 0.245 e. The predicted octanol–water partition coefficient (Wildman–Crippen LogP) is 3.48. The number of thioether (sulfide) groups is 1. The maximum absolute atomic E-state index is 12.8. The highest BCUT2D eigenvalue weighted by Crippen LogP contribution is 2.37. The van der Waals surface area contributed by atoms with Crippen molar-refractivity contribution < 1.29 is 23.9 Å². The summed E-state index contributed by atoms with van der Waals surface area (Å²) >= 11 is 4.27. The van der Waals surface area contributed by atoms with Crippen molar-refractivity contribution in [3.05, 3.63) is 62.5 Å². The normalized spacial score (nSPS) is 12.3. The fourth-order valence-corrected chi connectivity index (χ4v) is 4.14. The van der Waals surface area contributed by atoms with Crippen LogP contribution in [0.4, 0.5) is 5.82 Å². The summed E-state index contributed by atoms with van der Waals surface area (Å²) in [7, 11) is -3.68. The summed E-state index contributed by atoms with van der Waals surface area (Å²) in [6, 6.07) is 6.87. The zero-order valence-electron chi connectivity index (χ0n) is 17.6. The topological polar surface area (TPSA) is 139 Å². The third-order valence-electron chi connectivity index (χ3n) is 4.24. The first kappa shape index (κ1) is 26.2. The highest BCUT2D eigenvalue weighted by Gasteiger charge is 2.18. The summed E-state index contributed by atoms with van der Waals surface area (Å²) < 4.78 is 5.82. The number of aryl methyl sites for hydroxylation is 1. The van der Waals surface area contributed by atoms with E-state index >= 15 is 0 Å². The van der Waals surface area contributed by atoms with Gasteiger partial charge in [0.1, 0.15) is 11.6 Å². The summed E-state index contributed by atoms with van der Waals surface area (Å²) in [4.78, 5) is 53.6. The SMILES string of the molecule is C=P(O)(O)OCC/C(SC(=O)c1ccc(Br)cc1)=C(\C)N(C=O)Cc1cnc(C)nc1N. The van der Waals surface area contributed by atoms with Crippen LogP contribution >= 0.6 is 35.3 Å². The molecule has 0 bridgehead atoms. The highest BCUT2D eigenvalue weighted by molar-refractivity contribution is 9.10. The van der Waals surface area contributed by atoms with Crippen LogP contribution in [0, 0.1) is 6.92 Å². The minimum absolute atomic E-state index is 0.0972. The molecule has 1 heterocycles. The van der Waals surface area contributed by atoms with Crippen molar-refractivity contribution in [2.24, 2.45) is 0 Å². The van der Waals surface area contributed by atoms with Gasteiger partial charge < -0.3 is 24.9 Å². The maximum Gasteiger partial charge on any atom is 0.245 e. The van der Waals surface area contributed by atoms with Gasteiger partial charge >= 0.3 is 0 Å². The summed E-state index contributed by atoms with van der Waals surface area (Å²) in [5.41, 5.74) is 7.46. The summed E-state index contributed by atoms with van der Waals surface area (Å²) in [5.74, 6) is 0.769. The molecule has 0 aliphatic rings. The van der Waals surface area contributed by atoms with Gasteiger partial charge in [-0.05, 0) is 56.2 Å². The van der Waals surface area contributed by atoms with Crippen LogP contribution in [0.25, 0.3) is 0 Å². The van der Waals surface area contributed by atoms with Gasteiger partial charge in [-0.15, -0.1) is 0 Å². The molecule has 4 N–H and O–H groups in total. The Morgan fingerprint density at radius 2 is 2.03 bits per heavy atom. The van der Waals surface area contributed by atoms with Crippen LogP contribution in [0.3, 0.4) is 0 Å². The molecule has 32 heavy (non-hydrogen) atoms. The number of nitrogen functional groups attached to an aromatic ring is 1. The van der Waals surface area contributed by atoms with Crippen molar-refractivity contribution >= 4 is 58.9 Å². The number of rotatable bonds is 10. The van der Waals surface area contributed by atoms with Crippen molar-refractivity contribution in [1.82, 2.24) is 14.9 Å². The van der Waals surface area contributed by atoms with E-state index in [-0.39, 0.29) is 30.5 Å². The zero-order chi connectivity index (χ0) is 23.9. The van der Waals surface area contributed by atoms with Crippen LogP contribution in [-0.4, -0.2) is 49.1 Å². The van der Waals surface area contributed by atoms with Crippen LogP contribution in [0.5, 0.6) is 0 Å². The van der Waals surface area contributed by atoms with Gasteiger partial charge in [0.2, 0.25) is 19.1 Å². The van der Waals surface area contributed by atoms with E-state index in [4.69, 9.17) is 10.3 Å². The standard InChI is InChI=1S/C20H24BrN4O5PS/c1-13(25(12-26)11-16-10-23-14(2)24-19(16)22)18(8-9-30-31(3,28)29)32-20(27)15-4-6-17(21)7-5-15/h4-7,10,12,28-29H,3,8-9,11H2,1-2H3,(H2,22,23,24)/b18-13-. The Hall–Kier alpha value is -2.01. The Balaban J connectivity index is 2.31. The number of hydrogen-bond acceptors (Lipinski definition) is 9. The number of aromatic nitrogens is 2. The first-order valence-electron chi connectivity index (χ1n) is 9.31. The molecular formula is C20H24BrN4O5PS. The number of nitrogens with two attached hydrogens (primary N) is 1. The second-order valence-electron chi connectivity index (χ2n) is 6.71. The lowest BCUT2D eigenvalue weighted by Crippen LogP contribution is -2.22. The van der Waals surface area contributed by atoms with E-state index in [9.17, 15) is 19.4 Å². The molecule has 0 unspecified atom stereocenters. The molecular weight excluding hydrogens is 519 g/mol. The van der Waals surface area contributed by atoms with E-state index in [2.05, 4.69) is 32.2 Å². The quantitative estimate of drug-likeness (QED) is 0.304. The Bertz CT molecular complexity index is 1060. The first-order chi connectivity index (χ1) is 15.0. The molecule has 0 spiro atoms. The number of carbonyl (C=O) groups is 2. The summed E-state index contributed by atoms with van der Waals surface area (Å²) in [6.07, 6.45) is 5.49. The van der Waals surface area contributed by atoms with Gasteiger partial charge in [0.05, 0.1) is 13.2 Å². The molecule has 1 amide bonds. The van der Waals surface area contributed by atoms with Gasteiger partial charge in [0, 0.05) is 38.8 Å². The lowest BCUT2D eigenvalue weighted by molar-refractivity contribution is -0.116. The number of anilines is 1. The Morgan fingerprint density at radius 3 is 2.59 bits per heavy atom. The van der Waals surface area contributed by atoms with Crippen LogP contribution < -0.4 is 5.73 Å². The van der Waals surface area contributed by atoms with Crippen LogP contribution in [0.15, 0.2) is 45.5 Å². The number of halogens is 1. The molecule has 0 saturated carbocycles. The summed E-state index contributed by atoms with van der Waals surface area (Å²) in [6.45, 7) is 3.39. The van der Waals surface area contributed by atoms with E-state index in [1.807, 2.05) is 0 Å². The fraction of sp³-hybridized carbons (Fsp3) is 0.250. The lowest BCUT2D eigenvalue weighted by Gasteiger charge is -2.22. The van der Waals surface area contributed by atoms with Crippen LogP contribution in [0.2, 0.25) is 0 Å². The van der Waals surface area contributed by atoms with Crippen molar-refractivity contribution in [2.45, 2.75) is 26.8 Å². The molecule has 172 valence electrons. The molecule has 1 aromatic carbocycles. The Labute approximate surface area is 199 Å². The number of hydrogen-bond donors (Lipinski definition) is 3. The third-order valence-corrected chi connectivity index (χ3v) is 6.54. The molecule has 0 aliphatic heterocycles. The van der Waals surface area contributed by atoms with Crippen molar-refractivity contribution in [1.29, 1.82) is 0 Å². The molecule has 0 saturated heterocycles. The predicted molar refractivity (Wildman–Crippen MR) is 131 cm³/mol. The molecule has 0 radical (unpaired) electrons. The number of benzene rings is 1. The second kappa shape index (κ2) is 11.7. The zero-order valence-corrected chi connectivity index (χ0v) is 20.9. The molecule has 2 rings (SSSR count). The van der Waals surface area contributed by atoms with Gasteiger partial charge in [-0.1, -0.05) is 15.9 Å². The van der Waals surface area contributed by atoms with E-state index in [1.54, 1.807) is 44.3 Å². The van der Waals surface area contributed by atoms with Crippen molar-refractivity contribution in [3.8, 4) is 0 Å². The van der Waals surface area contributed by atoms with E-state index in [0.717, 1.165) is 16.2 Å². The number of carbonyl (C=O) groups excluding carboxylic acids is 2. The van der Waals surface area contributed by atoms with Gasteiger partial charge in [-0.25, -0.2) is 9.97 Å². The van der Waals surface area contributed by atoms with Gasteiger partial charge in [-0.2, -0.15) is 0 Å². The molecule has 1 aromatic heterocycles. The Morgan fingerprint density at radius 1 is 1.38 bits per heavy atom. The average molecular weight is 543 g/mol. The van der Waals surface area contributed by atoms with E-state index in [1.165, 1.54) is 4.90 Å². The Kier molecular flexibility index (Phi) is 9.63. The molecule has 12 heteroatoms. The van der Waals surface area contributed by atoms with Crippen molar-refractivity contribution in [3.63, 3.8) is 0 Å². The van der Waals surface area contributed by atoms with Gasteiger partial charge in [0.25, 0.3) is 0 Å². The number of allylic oxidation sites excluding steroid dienone is 1. The van der Waals surface area contributed by atoms with Gasteiger partial charge in [0.15, 0.2) is 0 Å².